The minimum atomic E-state index is -1.80. The van der Waals surface area contributed by atoms with Gasteiger partial charge in [-0.2, -0.15) is 0 Å². The topological polar surface area (TPSA) is 58.9 Å². The number of benzene rings is 2. The largest absolute Gasteiger partial charge is 0.496 e. The first-order valence-electron chi connectivity index (χ1n) is 7.53. The van der Waals surface area contributed by atoms with E-state index < -0.39 is 5.60 Å². The van der Waals surface area contributed by atoms with Gasteiger partial charge < -0.3 is 9.84 Å². The van der Waals surface area contributed by atoms with Gasteiger partial charge in [0.05, 0.1) is 18.2 Å². The number of ketones is 1. The van der Waals surface area contributed by atoms with Crippen LogP contribution in [0.4, 0.5) is 0 Å². The Balaban J connectivity index is 1.96. The van der Waals surface area contributed by atoms with E-state index in [-0.39, 0.29) is 12.2 Å². The van der Waals surface area contributed by atoms with Gasteiger partial charge in [0.25, 0.3) is 0 Å². The van der Waals surface area contributed by atoms with Crippen molar-refractivity contribution < 1.29 is 14.6 Å². The average molecular weight is 340 g/mol. The molecule has 0 aromatic heterocycles. The van der Waals surface area contributed by atoms with Crippen molar-refractivity contribution in [3.63, 3.8) is 0 Å². The molecule has 4 nitrogen and oxygen atoms in total. The van der Waals surface area contributed by atoms with E-state index in [2.05, 4.69) is 4.99 Å². The van der Waals surface area contributed by atoms with Crippen molar-refractivity contribution in [3.05, 3.63) is 75.4 Å². The van der Waals surface area contributed by atoms with Gasteiger partial charge in [-0.05, 0) is 35.9 Å². The molecule has 120 valence electrons. The molecule has 24 heavy (non-hydrogen) atoms. The molecule has 1 heterocycles. The average Bonchev–Trinajstić information content (AvgIpc) is 2.92. The van der Waals surface area contributed by atoms with Crippen molar-refractivity contribution >= 4 is 23.0 Å². The number of nitrogens with zero attached hydrogens (tertiary/aromatic N) is 1. The number of Topliss-reactive ketones (excluding diaryl/α,β-unsaturated/α-hetero) is 1. The van der Waals surface area contributed by atoms with E-state index in [1.165, 1.54) is 13.2 Å². The molecule has 2 aromatic rings. The van der Waals surface area contributed by atoms with Crippen LogP contribution in [0.1, 0.15) is 12.0 Å². The maximum atomic E-state index is 12.8. The number of hydrogen-bond acceptors (Lipinski definition) is 4. The van der Waals surface area contributed by atoms with E-state index in [9.17, 15) is 9.90 Å². The number of carbonyl (C=O) groups is 1. The summed E-state index contributed by atoms with van der Waals surface area (Å²) in [6.45, 7) is 0. The van der Waals surface area contributed by atoms with Crippen molar-refractivity contribution in [1.82, 2.24) is 0 Å². The van der Waals surface area contributed by atoms with Gasteiger partial charge in [0, 0.05) is 22.2 Å². The number of halogens is 1. The first kappa shape index (κ1) is 15.1. The molecule has 1 aliphatic carbocycles. The van der Waals surface area contributed by atoms with Gasteiger partial charge in [0.2, 0.25) is 0 Å². The van der Waals surface area contributed by atoms with Crippen molar-refractivity contribution in [2.45, 2.75) is 12.0 Å². The highest BCUT2D eigenvalue weighted by atomic mass is 35.5. The Hall–Kier alpha value is -2.43. The lowest BCUT2D eigenvalue weighted by Crippen LogP contribution is -2.38. The summed E-state index contributed by atoms with van der Waals surface area (Å²) in [5.74, 6) is 0.0831. The van der Waals surface area contributed by atoms with E-state index in [0.29, 0.717) is 22.0 Å². The number of methoxy groups -OCH3 is 1. The summed E-state index contributed by atoms with van der Waals surface area (Å²) in [5, 5.41) is 13.3. The minimum absolute atomic E-state index is 0.110. The summed E-state index contributed by atoms with van der Waals surface area (Å²) in [7, 11) is 1.49. The Labute approximate surface area is 143 Å². The fourth-order valence-electron chi connectivity index (χ4n) is 3.25. The summed E-state index contributed by atoms with van der Waals surface area (Å²) in [6.07, 6.45) is 1.61. The van der Waals surface area contributed by atoms with E-state index in [1.807, 2.05) is 24.3 Å². The third-order valence-corrected chi connectivity index (χ3v) is 4.69. The standard InChI is InChI=1S/C19H14ClNO3/c1-24-17-7-6-11(20)8-14(17)19(23)10-16-13(9-18(19)22)12-4-2-3-5-15(12)21-16/h2-8,10,23H,9H2,1H3. The molecule has 2 aromatic carbocycles. The number of aliphatic hydroxyl groups is 1. The molecule has 2 aliphatic rings. The highest BCUT2D eigenvalue weighted by molar-refractivity contribution is 6.30. The lowest BCUT2D eigenvalue weighted by Gasteiger charge is -2.29. The molecule has 1 unspecified atom stereocenters. The molecule has 4 rings (SSSR count). The maximum Gasteiger partial charge on any atom is 0.177 e. The van der Waals surface area contributed by atoms with Crippen molar-refractivity contribution in [3.8, 4) is 5.75 Å². The van der Waals surface area contributed by atoms with Crippen LogP contribution in [0, 0.1) is 0 Å². The predicted octanol–water partition coefficient (Wildman–Crippen LogP) is 1.88. The Morgan fingerprint density at radius 3 is 2.83 bits per heavy atom. The molecule has 1 N–H and O–H groups in total. The molecular weight excluding hydrogens is 326 g/mol. The van der Waals surface area contributed by atoms with Crippen LogP contribution in [0.25, 0.3) is 5.57 Å². The molecule has 0 fully saturated rings. The normalized spacial score (nSPS) is 21.7. The number of hydrogen-bond donors (Lipinski definition) is 1. The lowest BCUT2D eigenvalue weighted by atomic mass is 9.80. The number of ether oxygens (including phenoxy) is 1. The lowest BCUT2D eigenvalue weighted by molar-refractivity contribution is -0.133. The second kappa shape index (κ2) is 5.30. The van der Waals surface area contributed by atoms with E-state index >= 15 is 0 Å². The number of rotatable bonds is 2. The molecular formula is C19H14ClNO3. The molecule has 0 saturated heterocycles. The first-order valence-corrected chi connectivity index (χ1v) is 7.90. The maximum absolute atomic E-state index is 12.8. The number of carbonyl (C=O) groups excluding carboxylic acids is 1. The van der Waals surface area contributed by atoms with E-state index in [4.69, 9.17) is 16.3 Å². The Morgan fingerprint density at radius 2 is 2.04 bits per heavy atom. The Kier molecular flexibility index (Phi) is 3.34. The summed E-state index contributed by atoms with van der Waals surface area (Å²) in [4.78, 5) is 17.3. The fraction of sp³-hybridized carbons (Fsp3) is 0.158. The molecule has 5 heteroatoms. The van der Waals surface area contributed by atoms with Crippen LogP contribution in [0.15, 0.2) is 59.2 Å². The van der Waals surface area contributed by atoms with Crippen LogP contribution < -0.4 is 15.3 Å². The summed E-state index contributed by atoms with van der Waals surface area (Å²) in [6, 6.07) is 12.5. The molecule has 0 bridgehead atoms. The van der Waals surface area contributed by atoms with E-state index in [1.54, 1.807) is 18.2 Å². The quantitative estimate of drug-likeness (QED) is 0.908. The van der Waals surface area contributed by atoms with Crippen molar-refractivity contribution in [2.24, 2.45) is 4.99 Å². The number of fused-ring (bicyclic) bond motifs is 2. The number of allylic oxidation sites excluding steroid dienone is 1. The highest BCUT2D eigenvalue weighted by Gasteiger charge is 2.43. The third-order valence-electron chi connectivity index (χ3n) is 4.46. The molecule has 1 aliphatic heterocycles. The molecule has 0 saturated carbocycles. The predicted molar refractivity (Wildman–Crippen MR) is 90.2 cm³/mol. The highest BCUT2D eigenvalue weighted by Crippen LogP contribution is 2.41. The van der Waals surface area contributed by atoms with Crippen LogP contribution >= 0.6 is 11.6 Å². The van der Waals surface area contributed by atoms with Crippen LogP contribution in [0.2, 0.25) is 5.02 Å². The van der Waals surface area contributed by atoms with Gasteiger partial charge in [-0.1, -0.05) is 29.8 Å². The van der Waals surface area contributed by atoms with Gasteiger partial charge in [-0.3, -0.25) is 4.79 Å². The van der Waals surface area contributed by atoms with Crippen LogP contribution in [0.5, 0.6) is 5.75 Å². The van der Waals surface area contributed by atoms with Crippen molar-refractivity contribution in [1.29, 1.82) is 0 Å². The molecule has 0 amide bonds. The molecule has 1 atom stereocenters. The summed E-state index contributed by atoms with van der Waals surface area (Å²) < 4.78 is 5.30. The molecule has 0 radical (unpaired) electrons. The second-order valence-corrected chi connectivity index (χ2v) is 6.28. The Bertz CT molecular complexity index is 1030. The third kappa shape index (κ3) is 2.11. The van der Waals surface area contributed by atoms with Gasteiger partial charge in [-0.25, -0.2) is 4.99 Å². The summed E-state index contributed by atoms with van der Waals surface area (Å²) >= 11 is 6.06. The van der Waals surface area contributed by atoms with Crippen LogP contribution in [-0.2, 0) is 10.4 Å². The SMILES string of the molecule is COc1ccc(Cl)cc1C1(O)C=C2N=c3ccccc3=C2CC1=O. The van der Waals surface area contributed by atoms with Crippen molar-refractivity contribution in [2.75, 3.05) is 7.11 Å². The Morgan fingerprint density at radius 1 is 1.25 bits per heavy atom. The van der Waals surface area contributed by atoms with Crippen LogP contribution in [-0.4, -0.2) is 18.0 Å². The van der Waals surface area contributed by atoms with Gasteiger partial charge in [-0.15, -0.1) is 0 Å². The minimum Gasteiger partial charge on any atom is -0.496 e. The molecule has 0 spiro atoms. The number of para-hydroxylation sites is 1. The zero-order valence-electron chi connectivity index (χ0n) is 12.9. The second-order valence-electron chi connectivity index (χ2n) is 5.85. The first-order chi connectivity index (χ1) is 11.5. The van der Waals surface area contributed by atoms with E-state index in [0.717, 1.165) is 16.1 Å². The monoisotopic (exact) mass is 339 g/mol. The summed E-state index contributed by atoms with van der Waals surface area (Å²) in [5.41, 5.74) is 0.00229. The van der Waals surface area contributed by atoms with Gasteiger partial charge in [0.1, 0.15) is 5.75 Å². The zero-order valence-corrected chi connectivity index (χ0v) is 13.7. The zero-order chi connectivity index (χ0) is 16.9. The fourth-order valence-corrected chi connectivity index (χ4v) is 3.42. The van der Waals surface area contributed by atoms with Gasteiger partial charge in [0.15, 0.2) is 11.4 Å². The smallest absolute Gasteiger partial charge is 0.177 e. The van der Waals surface area contributed by atoms with Gasteiger partial charge >= 0.3 is 0 Å². The van der Waals surface area contributed by atoms with Crippen LogP contribution in [0.3, 0.4) is 0 Å².